The number of nitrogens with zero attached hydrogens (tertiary/aromatic N) is 2. The van der Waals surface area contributed by atoms with Crippen molar-refractivity contribution in [3.05, 3.63) is 23.2 Å². The van der Waals surface area contributed by atoms with Crippen LogP contribution in [0.4, 0.5) is 0 Å². The van der Waals surface area contributed by atoms with Crippen molar-refractivity contribution < 1.29 is 9.53 Å². The highest BCUT2D eigenvalue weighted by Crippen LogP contribution is 2.31. The first-order chi connectivity index (χ1) is 12.6. The molecule has 2 unspecified atom stereocenters. The maximum Gasteiger partial charge on any atom is 0.230 e. The van der Waals surface area contributed by atoms with Gasteiger partial charge >= 0.3 is 0 Å². The second-order valence-electron chi connectivity index (χ2n) is 6.54. The van der Waals surface area contributed by atoms with Crippen LogP contribution in [0.3, 0.4) is 0 Å². The fraction of sp³-hybridized carbons (Fsp3) is 0.500. The smallest absolute Gasteiger partial charge is 0.230 e. The van der Waals surface area contributed by atoms with Crippen molar-refractivity contribution in [2.24, 2.45) is 5.92 Å². The number of aromatic nitrogens is 3. The molecule has 0 saturated heterocycles. The molecule has 0 radical (unpaired) electrons. The van der Waals surface area contributed by atoms with Gasteiger partial charge in [-0.2, -0.15) is 0 Å². The van der Waals surface area contributed by atoms with Gasteiger partial charge in [-0.25, -0.2) is 4.98 Å². The monoisotopic (exact) mass is 394 g/mol. The van der Waals surface area contributed by atoms with Crippen LogP contribution in [0.15, 0.2) is 23.4 Å². The molecular weight excluding hydrogens is 372 g/mol. The Morgan fingerprint density at radius 1 is 1.42 bits per heavy atom. The molecule has 0 aliphatic heterocycles. The van der Waals surface area contributed by atoms with Crippen LogP contribution in [-0.4, -0.2) is 40.0 Å². The van der Waals surface area contributed by atoms with E-state index in [2.05, 4.69) is 27.4 Å². The molecule has 1 aromatic heterocycles. The molecule has 0 spiro atoms. The lowest BCUT2D eigenvalue weighted by Crippen LogP contribution is -2.41. The van der Waals surface area contributed by atoms with Gasteiger partial charge in [0.1, 0.15) is 5.75 Å². The van der Waals surface area contributed by atoms with Gasteiger partial charge in [0.15, 0.2) is 5.82 Å². The fourth-order valence-corrected chi connectivity index (χ4v) is 3.99. The minimum Gasteiger partial charge on any atom is -0.496 e. The Balaban J connectivity index is 1.59. The molecule has 1 heterocycles. The summed E-state index contributed by atoms with van der Waals surface area (Å²) in [6.07, 6.45) is 4.70. The zero-order valence-electron chi connectivity index (χ0n) is 14.9. The lowest BCUT2D eigenvalue weighted by molar-refractivity contribution is -0.119. The zero-order valence-corrected chi connectivity index (χ0v) is 16.5. The summed E-state index contributed by atoms with van der Waals surface area (Å²) in [6.45, 7) is 2.21. The molecule has 26 heavy (non-hydrogen) atoms. The van der Waals surface area contributed by atoms with Gasteiger partial charge in [0.25, 0.3) is 0 Å². The molecular formula is C18H23ClN4O2S. The number of rotatable bonds is 6. The third-order valence-corrected chi connectivity index (χ3v) is 5.75. The van der Waals surface area contributed by atoms with Crippen molar-refractivity contribution in [1.29, 1.82) is 0 Å². The second-order valence-corrected chi connectivity index (χ2v) is 7.91. The Hall–Kier alpha value is -1.73. The standard InChI is InChI=1S/C18H23ClN4O2S/c1-11-5-3-4-6-14(11)20-16(24)10-26-18-21-17(22-23-18)13-9-12(19)7-8-15(13)25-2/h7-9,11,14H,3-6,10H2,1-2H3,(H,20,24)(H,21,22,23). The summed E-state index contributed by atoms with van der Waals surface area (Å²) >= 11 is 7.37. The number of thioether (sulfide) groups is 1. The van der Waals surface area contributed by atoms with Gasteiger partial charge in [-0.15, -0.1) is 5.10 Å². The molecule has 0 bridgehead atoms. The van der Waals surface area contributed by atoms with E-state index < -0.39 is 0 Å². The van der Waals surface area contributed by atoms with Crippen molar-refractivity contribution in [2.75, 3.05) is 12.9 Å². The summed E-state index contributed by atoms with van der Waals surface area (Å²) in [7, 11) is 1.59. The number of H-pyrrole nitrogens is 1. The number of carbonyl (C=O) groups is 1. The summed E-state index contributed by atoms with van der Waals surface area (Å²) in [5.41, 5.74) is 0.736. The maximum atomic E-state index is 12.2. The fourth-order valence-electron chi connectivity index (χ4n) is 3.21. The Morgan fingerprint density at radius 2 is 2.23 bits per heavy atom. The molecule has 8 heteroatoms. The Labute approximate surface area is 162 Å². The van der Waals surface area contributed by atoms with Crippen LogP contribution in [-0.2, 0) is 4.79 Å². The Bertz CT molecular complexity index is 767. The number of aromatic amines is 1. The predicted molar refractivity (Wildman–Crippen MR) is 104 cm³/mol. The van der Waals surface area contributed by atoms with Gasteiger partial charge in [-0.1, -0.05) is 43.1 Å². The molecule has 1 aliphatic carbocycles. The molecule has 3 rings (SSSR count). The largest absolute Gasteiger partial charge is 0.496 e. The third-order valence-electron chi connectivity index (χ3n) is 4.67. The predicted octanol–water partition coefficient (Wildman–Crippen LogP) is 3.92. The van der Waals surface area contributed by atoms with Crippen LogP contribution in [0.1, 0.15) is 32.6 Å². The van der Waals surface area contributed by atoms with E-state index in [-0.39, 0.29) is 11.9 Å². The highest BCUT2D eigenvalue weighted by Gasteiger charge is 2.23. The maximum absolute atomic E-state index is 12.2. The number of benzene rings is 1. The number of amides is 1. The van der Waals surface area contributed by atoms with E-state index in [1.165, 1.54) is 31.0 Å². The number of ether oxygens (including phenoxy) is 1. The van der Waals surface area contributed by atoms with Gasteiger partial charge in [-0.05, 0) is 37.0 Å². The first kappa shape index (κ1) is 19.0. The SMILES string of the molecule is COc1ccc(Cl)cc1-c1nc(SCC(=O)NC2CCCCC2C)n[nH]1. The molecule has 2 aromatic rings. The van der Waals surface area contributed by atoms with Gasteiger partial charge in [0.2, 0.25) is 11.1 Å². The quantitative estimate of drug-likeness (QED) is 0.726. The van der Waals surface area contributed by atoms with Crippen molar-refractivity contribution >= 4 is 29.3 Å². The van der Waals surface area contributed by atoms with Crippen molar-refractivity contribution in [3.8, 4) is 17.1 Å². The van der Waals surface area contributed by atoms with Crippen molar-refractivity contribution in [3.63, 3.8) is 0 Å². The Morgan fingerprint density at radius 3 is 3.00 bits per heavy atom. The lowest BCUT2D eigenvalue weighted by atomic mass is 9.86. The molecule has 1 aromatic carbocycles. The van der Waals surface area contributed by atoms with E-state index in [1.54, 1.807) is 25.3 Å². The van der Waals surface area contributed by atoms with E-state index in [0.717, 1.165) is 12.0 Å². The molecule has 1 saturated carbocycles. The van der Waals surface area contributed by atoms with Gasteiger partial charge in [-0.3, -0.25) is 9.89 Å². The van der Waals surface area contributed by atoms with E-state index in [0.29, 0.717) is 33.4 Å². The molecule has 2 N–H and O–H groups in total. The molecule has 1 amide bonds. The first-order valence-electron chi connectivity index (χ1n) is 8.75. The number of carbonyl (C=O) groups excluding carboxylic acids is 1. The average Bonchev–Trinajstić information content (AvgIpc) is 3.11. The van der Waals surface area contributed by atoms with E-state index in [1.807, 2.05) is 0 Å². The van der Waals surface area contributed by atoms with Crippen LogP contribution in [0.25, 0.3) is 11.4 Å². The minimum absolute atomic E-state index is 0.0282. The van der Waals surface area contributed by atoms with Crippen molar-refractivity contribution in [2.45, 2.75) is 43.8 Å². The van der Waals surface area contributed by atoms with E-state index >= 15 is 0 Å². The topological polar surface area (TPSA) is 79.9 Å². The molecule has 1 fully saturated rings. The second kappa shape index (κ2) is 8.77. The van der Waals surface area contributed by atoms with Crippen molar-refractivity contribution in [1.82, 2.24) is 20.5 Å². The number of halogens is 1. The average molecular weight is 395 g/mol. The van der Waals surface area contributed by atoms with Crippen LogP contribution in [0.2, 0.25) is 5.02 Å². The lowest BCUT2D eigenvalue weighted by Gasteiger charge is -2.29. The van der Waals surface area contributed by atoms with Gasteiger partial charge < -0.3 is 10.1 Å². The highest BCUT2D eigenvalue weighted by atomic mass is 35.5. The van der Waals surface area contributed by atoms with Crippen LogP contribution in [0.5, 0.6) is 5.75 Å². The summed E-state index contributed by atoms with van der Waals surface area (Å²) in [6, 6.07) is 5.60. The number of methoxy groups -OCH3 is 1. The molecule has 1 aliphatic rings. The van der Waals surface area contributed by atoms with Crippen LogP contribution >= 0.6 is 23.4 Å². The molecule has 2 atom stereocenters. The number of hydrogen-bond acceptors (Lipinski definition) is 5. The van der Waals surface area contributed by atoms with E-state index in [4.69, 9.17) is 16.3 Å². The summed E-state index contributed by atoms with van der Waals surface area (Å²) in [5, 5.41) is 11.3. The minimum atomic E-state index is 0.0282. The van der Waals surface area contributed by atoms with Gasteiger partial charge in [0.05, 0.1) is 18.4 Å². The third kappa shape index (κ3) is 4.71. The van der Waals surface area contributed by atoms with Crippen LogP contribution < -0.4 is 10.1 Å². The van der Waals surface area contributed by atoms with Crippen LogP contribution in [0, 0.1) is 5.92 Å². The summed E-state index contributed by atoms with van der Waals surface area (Å²) < 4.78 is 5.34. The Kier molecular flexibility index (Phi) is 6.43. The normalized spacial score (nSPS) is 20.0. The summed E-state index contributed by atoms with van der Waals surface area (Å²) in [4.78, 5) is 16.7. The molecule has 140 valence electrons. The number of nitrogens with one attached hydrogen (secondary N) is 2. The highest BCUT2D eigenvalue weighted by molar-refractivity contribution is 7.99. The first-order valence-corrected chi connectivity index (χ1v) is 10.1. The molecule has 6 nitrogen and oxygen atoms in total. The summed E-state index contributed by atoms with van der Waals surface area (Å²) in [5.74, 6) is 2.09. The van der Waals surface area contributed by atoms with Gasteiger partial charge in [0, 0.05) is 11.1 Å². The zero-order chi connectivity index (χ0) is 18.5. The van der Waals surface area contributed by atoms with E-state index in [9.17, 15) is 4.79 Å². The number of hydrogen-bond donors (Lipinski definition) is 2.